The average molecular weight is 234 g/mol. The van der Waals surface area contributed by atoms with Crippen LogP contribution < -0.4 is 10.2 Å². The molecule has 0 atom stereocenters. The van der Waals surface area contributed by atoms with Gasteiger partial charge >= 0.3 is 0 Å². The van der Waals surface area contributed by atoms with Crippen molar-refractivity contribution >= 4 is 5.82 Å². The summed E-state index contributed by atoms with van der Waals surface area (Å²) < 4.78 is 0. The van der Waals surface area contributed by atoms with Crippen molar-refractivity contribution in [2.45, 2.75) is 39.3 Å². The lowest BCUT2D eigenvalue weighted by molar-refractivity contribution is 0.599. The first kappa shape index (κ1) is 12.3. The van der Waals surface area contributed by atoms with Crippen molar-refractivity contribution in [1.29, 1.82) is 0 Å². The van der Waals surface area contributed by atoms with E-state index < -0.39 is 0 Å². The Hall–Kier alpha value is -1.16. The van der Waals surface area contributed by atoms with Crippen LogP contribution >= 0.6 is 0 Å². The van der Waals surface area contributed by atoms with Crippen molar-refractivity contribution in [2.24, 2.45) is 5.92 Å². The zero-order valence-electron chi connectivity index (χ0n) is 11.0. The number of hydrogen-bond donors (Lipinski definition) is 1. The summed E-state index contributed by atoms with van der Waals surface area (Å²) in [7, 11) is 1.92. The molecule has 0 radical (unpaired) electrons. The molecule has 1 N–H and O–H groups in total. The van der Waals surface area contributed by atoms with Gasteiger partial charge in [0.15, 0.2) is 5.82 Å². The van der Waals surface area contributed by atoms with Gasteiger partial charge in [0.1, 0.15) is 0 Å². The van der Waals surface area contributed by atoms with Crippen molar-refractivity contribution in [1.82, 2.24) is 15.5 Å². The molecule has 4 nitrogen and oxygen atoms in total. The molecule has 1 saturated carbocycles. The molecule has 0 unspecified atom stereocenters. The van der Waals surface area contributed by atoms with E-state index in [0.717, 1.165) is 24.6 Å². The van der Waals surface area contributed by atoms with E-state index in [9.17, 15) is 0 Å². The Kier molecular flexibility index (Phi) is 3.94. The van der Waals surface area contributed by atoms with Crippen LogP contribution in [0.2, 0.25) is 0 Å². The van der Waals surface area contributed by atoms with E-state index in [4.69, 9.17) is 0 Å². The van der Waals surface area contributed by atoms with Gasteiger partial charge in [-0.2, -0.15) is 5.10 Å². The predicted octanol–water partition coefficient (Wildman–Crippen LogP) is 1.82. The maximum atomic E-state index is 4.35. The molecule has 0 aromatic carbocycles. The van der Waals surface area contributed by atoms with E-state index in [1.807, 2.05) is 7.05 Å². The second-order valence-corrected chi connectivity index (χ2v) is 5.19. The fourth-order valence-corrected chi connectivity index (χ4v) is 1.99. The van der Waals surface area contributed by atoms with E-state index in [1.54, 1.807) is 0 Å². The first-order chi connectivity index (χ1) is 8.20. The first-order valence-electron chi connectivity index (χ1n) is 6.44. The topological polar surface area (TPSA) is 41.0 Å². The summed E-state index contributed by atoms with van der Waals surface area (Å²) in [6, 6.07) is 4.86. The predicted molar refractivity (Wildman–Crippen MR) is 70.0 cm³/mol. The highest BCUT2D eigenvalue weighted by Crippen LogP contribution is 2.30. The summed E-state index contributed by atoms with van der Waals surface area (Å²) >= 11 is 0. The van der Waals surface area contributed by atoms with Crippen LogP contribution in [0.15, 0.2) is 12.1 Å². The highest BCUT2D eigenvalue weighted by molar-refractivity contribution is 5.40. The summed E-state index contributed by atoms with van der Waals surface area (Å²) in [6.07, 6.45) is 2.60. The van der Waals surface area contributed by atoms with Gasteiger partial charge in [-0.05, 0) is 37.9 Å². The summed E-state index contributed by atoms with van der Waals surface area (Å²) in [5, 5.41) is 11.7. The van der Waals surface area contributed by atoms with Crippen LogP contribution in [0, 0.1) is 5.92 Å². The monoisotopic (exact) mass is 234 g/mol. The van der Waals surface area contributed by atoms with Crippen LogP contribution in [0.5, 0.6) is 0 Å². The van der Waals surface area contributed by atoms with Crippen molar-refractivity contribution in [3.63, 3.8) is 0 Å². The molecule has 0 amide bonds. The molecule has 0 bridgehead atoms. The SMILES string of the molecule is CNCc1ccc(N(CC(C)C)C2CC2)nn1. The largest absolute Gasteiger partial charge is 0.352 e. The third-order valence-electron chi connectivity index (χ3n) is 2.91. The molecule has 17 heavy (non-hydrogen) atoms. The van der Waals surface area contributed by atoms with Gasteiger partial charge < -0.3 is 10.2 Å². The van der Waals surface area contributed by atoms with Crippen LogP contribution in [0.25, 0.3) is 0 Å². The molecule has 1 aliphatic rings. The van der Waals surface area contributed by atoms with Crippen molar-refractivity contribution in [3.05, 3.63) is 17.8 Å². The second kappa shape index (κ2) is 5.45. The van der Waals surface area contributed by atoms with E-state index in [-0.39, 0.29) is 0 Å². The minimum Gasteiger partial charge on any atom is -0.352 e. The molecule has 1 heterocycles. The van der Waals surface area contributed by atoms with E-state index in [2.05, 4.69) is 46.4 Å². The number of nitrogens with zero attached hydrogens (tertiary/aromatic N) is 3. The Morgan fingerprint density at radius 2 is 2.12 bits per heavy atom. The number of nitrogens with one attached hydrogen (secondary N) is 1. The standard InChI is InChI=1S/C13H22N4/c1-10(2)9-17(12-5-6-12)13-7-4-11(8-14-3)15-16-13/h4,7,10,12,14H,5-6,8-9H2,1-3H3. The summed E-state index contributed by atoms with van der Waals surface area (Å²) in [4.78, 5) is 2.40. The Balaban J connectivity index is 2.07. The van der Waals surface area contributed by atoms with E-state index in [1.165, 1.54) is 12.8 Å². The van der Waals surface area contributed by atoms with Gasteiger partial charge in [-0.25, -0.2) is 0 Å². The van der Waals surface area contributed by atoms with Crippen molar-refractivity contribution < 1.29 is 0 Å². The number of anilines is 1. The van der Waals surface area contributed by atoms with Crippen LogP contribution in [-0.4, -0.2) is 29.8 Å². The van der Waals surface area contributed by atoms with Gasteiger partial charge in [-0.3, -0.25) is 0 Å². The second-order valence-electron chi connectivity index (χ2n) is 5.19. The van der Waals surface area contributed by atoms with Crippen LogP contribution in [0.4, 0.5) is 5.82 Å². The van der Waals surface area contributed by atoms with Crippen LogP contribution in [0.3, 0.4) is 0 Å². The van der Waals surface area contributed by atoms with Crippen LogP contribution in [-0.2, 0) is 6.54 Å². The van der Waals surface area contributed by atoms with Gasteiger partial charge in [0, 0.05) is 19.1 Å². The lowest BCUT2D eigenvalue weighted by Crippen LogP contribution is -2.30. The van der Waals surface area contributed by atoms with Crippen LogP contribution in [0.1, 0.15) is 32.4 Å². The highest BCUT2D eigenvalue weighted by atomic mass is 15.3. The van der Waals surface area contributed by atoms with Crippen molar-refractivity contribution in [3.8, 4) is 0 Å². The molecule has 2 rings (SSSR count). The lowest BCUT2D eigenvalue weighted by Gasteiger charge is -2.24. The number of hydrogen-bond acceptors (Lipinski definition) is 4. The summed E-state index contributed by atoms with van der Waals surface area (Å²) in [6.45, 7) is 6.35. The highest BCUT2D eigenvalue weighted by Gasteiger charge is 2.30. The molecule has 1 aromatic heterocycles. The number of aromatic nitrogens is 2. The third-order valence-corrected chi connectivity index (χ3v) is 2.91. The smallest absolute Gasteiger partial charge is 0.151 e. The molecule has 1 aliphatic carbocycles. The molecule has 94 valence electrons. The van der Waals surface area contributed by atoms with Gasteiger partial charge in [0.25, 0.3) is 0 Å². The normalized spacial score (nSPS) is 15.3. The Bertz CT molecular complexity index is 343. The molecule has 0 spiro atoms. The molecule has 0 saturated heterocycles. The minimum atomic E-state index is 0.661. The summed E-state index contributed by atoms with van der Waals surface area (Å²) in [5.74, 6) is 1.69. The first-order valence-corrected chi connectivity index (χ1v) is 6.44. The van der Waals surface area contributed by atoms with Crippen molar-refractivity contribution in [2.75, 3.05) is 18.5 Å². The Morgan fingerprint density at radius 3 is 2.59 bits per heavy atom. The maximum absolute atomic E-state index is 4.35. The fourth-order valence-electron chi connectivity index (χ4n) is 1.99. The fraction of sp³-hybridized carbons (Fsp3) is 0.692. The average Bonchev–Trinajstić information content (AvgIpc) is 3.11. The number of rotatable bonds is 6. The molecular formula is C13H22N4. The molecule has 1 aromatic rings. The van der Waals surface area contributed by atoms with Gasteiger partial charge in [-0.15, -0.1) is 5.10 Å². The Labute approximate surface area is 103 Å². The maximum Gasteiger partial charge on any atom is 0.151 e. The van der Waals surface area contributed by atoms with E-state index in [0.29, 0.717) is 12.0 Å². The molecule has 0 aliphatic heterocycles. The molecule has 1 fully saturated rings. The summed E-state index contributed by atoms with van der Waals surface area (Å²) in [5.41, 5.74) is 0.997. The van der Waals surface area contributed by atoms with Gasteiger partial charge in [0.05, 0.1) is 5.69 Å². The molecule has 4 heteroatoms. The minimum absolute atomic E-state index is 0.661. The third kappa shape index (κ3) is 3.40. The zero-order valence-corrected chi connectivity index (χ0v) is 11.0. The molecular weight excluding hydrogens is 212 g/mol. The Morgan fingerprint density at radius 1 is 1.35 bits per heavy atom. The van der Waals surface area contributed by atoms with Gasteiger partial charge in [0.2, 0.25) is 0 Å². The van der Waals surface area contributed by atoms with E-state index >= 15 is 0 Å². The lowest BCUT2D eigenvalue weighted by atomic mass is 10.2. The van der Waals surface area contributed by atoms with Gasteiger partial charge in [-0.1, -0.05) is 13.8 Å². The quantitative estimate of drug-likeness (QED) is 0.815. The zero-order chi connectivity index (χ0) is 12.3.